The monoisotopic (exact) mass is 371 g/mol. The highest BCUT2D eigenvalue weighted by Crippen LogP contribution is 2.32. The molecule has 2 heterocycles. The third-order valence-corrected chi connectivity index (χ3v) is 5.39. The molecule has 1 aliphatic rings. The van der Waals surface area contributed by atoms with Crippen LogP contribution in [-0.2, 0) is 4.79 Å². The summed E-state index contributed by atoms with van der Waals surface area (Å²) in [4.78, 5) is 21.6. The average molecular weight is 372 g/mol. The minimum atomic E-state index is -0.158. The zero-order valence-corrected chi connectivity index (χ0v) is 14.6. The van der Waals surface area contributed by atoms with E-state index in [1.54, 1.807) is 12.1 Å². The Labute approximate surface area is 151 Å². The highest BCUT2D eigenvalue weighted by Gasteiger charge is 2.24. The number of fused-ring (bicyclic) bond motifs is 1. The van der Waals surface area contributed by atoms with Crippen LogP contribution in [0, 0.1) is 0 Å². The van der Waals surface area contributed by atoms with E-state index in [0.717, 1.165) is 15.8 Å². The number of halogens is 1. The Morgan fingerprint density at radius 1 is 1.12 bits per heavy atom. The molecule has 0 aliphatic carbocycles. The Hall–Kier alpha value is -2.15. The average Bonchev–Trinajstić information content (AvgIpc) is 3.12. The van der Waals surface area contributed by atoms with Gasteiger partial charge in [0, 0.05) is 5.02 Å². The molecular weight excluding hydrogens is 362 g/mol. The van der Waals surface area contributed by atoms with Gasteiger partial charge in [-0.05, 0) is 47.7 Å². The van der Waals surface area contributed by atoms with Crippen molar-refractivity contribution in [3.8, 4) is 0 Å². The van der Waals surface area contributed by atoms with Crippen molar-refractivity contribution in [3.05, 3.63) is 64.0 Å². The summed E-state index contributed by atoms with van der Waals surface area (Å²) in [6, 6.07) is 15.2. The number of thiazole rings is 1. The number of benzene rings is 2. The van der Waals surface area contributed by atoms with E-state index < -0.39 is 0 Å². The molecular formula is C17H10ClN3OS2. The Bertz CT molecular complexity index is 959. The predicted octanol–water partition coefficient (Wildman–Crippen LogP) is 4.84. The van der Waals surface area contributed by atoms with Gasteiger partial charge in [0.25, 0.3) is 5.91 Å². The lowest BCUT2D eigenvalue weighted by Gasteiger charge is -1.95. The third-order valence-electron chi connectivity index (χ3n) is 3.30. The van der Waals surface area contributed by atoms with Crippen LogP contribution in [0.5, 0.6) is 0 Å². The van der Waals surface area contributed by atoms with Crippen LogP contribution in [-0.4, -0.2) is 16.1 Å². The van der Waals surface area contributed by atoms with Crippen LogP contribution in [0.2, 0.25) is 5.02 Å². The molecule has 4 rings (SSSR count). The Morgan fingerprint density at radius 3 is 2.71 bits per heavy atom. The second-order valence-electron chi connectivity index (χ2n) is 5.00. The molecule has 1 aromatic heterocycles. The van der Waals surface area contributed by atoms with Gasteiger partial charge in [0.05, 0.1) is 15.1 Å². The lowest BCUT2D eigenvalue weighted by molar-refractivity contribution is -0.115. The summed E-state index contributed by atoms with van der Waals surface area (Å²) in [6.07, 6.45) is 1.82. The maximum absolute atomic E-state index is 12.1. The first-order valence-corrected chi connectivity index (χ1v) is 9.09. The van der Waals surface area contributed by atoms with Gasteiger partial charge in [0.1, 0.15) is 0 Å². The summed E-state index contributed by atoms with van der Waals surface area (Å²) < 4.78 is 1.07. The molecule has 7 heteroatoms. The first-order valence-electron chi connectivity index (χ1n) is 7.08. The van der Waals surface area contributed by atoms with Crippen LogP contribution in [0.15, 0.2) is 58.4 Å². The van der Waals surface area contributed by atoms with E-state index in [9.17, 15) is 4.79 Å². The molecule has 1 N–H and O–H groups in total. The topological polar surface area (TPSA) is 54.4 Å². The number of carbonyl (C=O) groups is 1. The van der Waals surface area contributed by atoms with Crippen molar-refractivity contribution in [3.63, 3.8) is 0 Å². The summed E-state index contributed by atoms with van der Waals surface area (Å²) >= 11 is 8.68. The van der Waals surface area contributed by atoms with Gasteiger partial charge in [-0.25, -0.2) is 4.98 Å². The van der Waals surface area contributed by atoms with Crippen LogP contribution in [0.1, 0.15) is 5.56 Å². The second kappa shape index (κ2) is 6.39. The van der Waals surface area contributed by atoms with E-state index >= 15 is 0 Å². The van der Waals surface area contributed by atoms with Crippen molar-refractivity contribution in [2.45, 2.75) is 0 Å². The van der Waals surface area contributed by atoms with E-state index in [2.05, 4.69) is 15.3 Å². The van der Waals surface area contributed by atoms with Gasteiger partial charge in [-0.3, -0.25) is 4.79 Å². The number of carbonyl (C=O) groups excluding carboxylic acids is 1. The summed E-state index contributed by atoms with van der Waals surface area (Å²) in [5.74, 6) is -0.158. The van der Waals surface area contributed by atoms with Gasteiger partial charge in [0.2, 0.25) is 5.13 Å². The number of rotatable bonds is 2. The van der Waals surface area contributed by atoms with Crippen LogP contribution in [0.3, 0.4) is 0 Å². The van der Waals surface area contributed by atoms with E-state index in [1.807, 2.05) is 42.5 Å². The number of aromatic nitrogens is 1. The van der Waals surface area contributed by atoms with Gasteiger partial charge in [-0.2, -0.15) is 4.99 Å². The number of amidine groups is 1. The maximum atomic E-state index is 12.1. The number of hydrogen-bond acceptors (Lipinski definition) is 5. The van der Waals surface area contributed by atoms with Crippen LogP contribution in [0.25, 0.3) is 16.3 Å². The highest BCUT2D eigenvalue weighted by atomic mass is 35.5. The molecule has 118 valence electrons. The Kier molecular flexibility index (Phi) is 4.10. The van der Waals surface area contributed by atoms with Crippen molar-refractivity contribution in [2.75, 3.05) is 0 Å². The molecule has 0 spiro atoms. The second-order valence-corrected chi connectivity index (χ2v) is 7.47. The van der Waals surface area contributed by atoms with Crippen molar-refractivity contribution in [1.29, 1.82) is 0 Å². The van der Waals surface area contributed by atoms with E-state index in [0.29, 0.717) is 20.2 Å². The third kappa shape index (κ3) is 3.21. The Morgan fingerprint density at radius 2 is 1.92 bits per heavy atom. The number of thioether (sulfide) groups is 1. The van der Waals surface area contributed by atoms with Gasteiger partial charge in [0.15, 0.2) is 5.17 Å². The molecule has 24 heavy (non-hydrogen) atoms. The SMILES string of the molecule is O=C1N/C(=N\c2nc3ccccc3s2)S/C1=C/c1ccc(Cl)cc1. The number of para-hydroxylation sites is 1. The van der Waals surface area contributed by atoms with Gasteiger partial charge >= 0.3 is 0 Å². The number of amides is 1. The molecule has 1 aliphatic heterocycles. The maximum Gasteiger partial charge on any atom is 0.264 e. The molecule has 0 bridgehead atoms. The molecule has 1 saturated heterocycles. The van der Waals surface area contributed by atoms with Crippen LogP contribution >= 0.6 is 34.7 Å². The number of aliphatic imine (C=N–C) groups is 1. The summed E-state index contributed by atoms with van der Waals surface area (Å²) in [5, 5.41) is 4.61. The molecule has 4 nitrogen and oxygen atoms in total. The van der Waals surface area contributed by atoms with Gasteiger partial charge in [-0.1, -0.05) is 47.2 Å². The largest absolute Gasteiger partial charge is 0.300 e. The fourth-order valence-electron chi connectivity index (χ4n) is 2.19. The van der Waals surface area contributed by atoms with E-state index in [4.69, 9.17) is 11.6 Å². The molecule has 1 amide bonds. The summed E-state index contributed by atoms with van der Waals surface area (Å²) in [5.41, 5.74) is 1.83. The molecule has 0 saturated carbocycles. The fraction of sp³-hybridized carbons (Fsp3) is 0. The van der Waals surface area contributed by atoms with Crippen molar-refractivity contribution >= 4 is 67.2 Å². The lowest BCUT2D eigenvalue weighted by atomic mass is 10.2. The Balaban J connectivity index is 1.60. The van der Waals surface area contributed by atoms with Gasteiger partial charge in [-0.15, -0.1) is 0 Å². The zero-order valence-electron chi connectivity index (χ0n) is 12.2. The van der Waals surface area contributed by atoms with Crippen LogP contribution in [0.4, 0.5) is 5.13 Å². The predicted molar refractivity (Wildman–Crippen MR) is 102 cm³/mol. The zero-order chi connectivity index (χ0) is 16.5. The first kappa shape index (κ1) is 15.4. The minimum absolute atomic E-state index is 0.158. The molecule has 0 radical (unpaired) electrons. The van der Waals surface area contributed by atoms with Crippen molar-refractivity contribution in [2.24, 2.45) is 4.99 Å². The highest BCUT2D eigenvalue weighted by molar-refractivity contribution is 8.18. The minimum Gasteiger partial charge on any atom is -0.300 e. The van der Waals surface area contributed by atoms with Crippen LogP contribution < -0.4 is 5.32 Å². The van der Waals surface area contributed by atoms with E-state index in [1.165, 1.54) is 23.1 Å². The van der Waals surface area contributed by atoms with Crippen molar-refractivity contribution in [1.82, 2.24) is 10.3 Å². The smallest absolute Gasteiger partial charge is 0.264 e. The fourth-order valence-corrected chi connectivity index (χ4v) is 4.03. The van der Waals surface area contributed by atoms with E-state index in [-0.39, 0.29) is 5.91 Å². The molecule has 1 fully saturated rings. The molecule has 0 atom stereocenters. The van der Waals surface area contributed by atoms with Crippen molar-refractivity contribution < 1.29 is 4.79 Å². The molecule has 3 aromatic rings. The number of hydrogen-bond donors (Lipinski definition) is 1. The first-order chi connectivity index (χ1) is 11.7. The number of nitrogens with one attached hydrogen (secondary N) is 1. The lowest BCUT2D eigenvalue weighted by Crippen LogP contribution is -2.19. The summed E-state index contributed by atoms with van der Waals surface area (Å²) in [7, 11) is 0. The summed E-state index contributed by atoms with van der Waals surface area (Å²) in [6.45, 7) is 0. The molecule has 0 unspecified atom stereocenters. The van der Waals surface area contributed by atoms with Gasteiger partial charge < -0.3 is 5.32 Å². The number of nitrogens with zero attached hydrogens (tertiary/aromatic N) is 2. The quantitative estimate of drug-likeness (QED) is 0.655. The standard InChI is InChI=1S/C17H10ClN3OS2/c18-11-7-5-10(6-8-11)9-14-15(22)20-17(24-14)21-16-19-12-3-1-2-4-13(12)23-16/h1-9H,(H,19,20,21,22)/b14-9+. The molecule has 2 aromatic carbocycles. The normalized spacial score (nSPS) is 17.8.